The number of amides is 1. The molecular weight excluding hydrogens is 218 g/mol. The molecular formula is C13H23NO3. The highest BCUT2D eigenvalue weighted by atomic mass is 16.6. The standard InChI is InChI=1S/C13H23NO3/c1-13(2,8-10-5-6-10)17-12(16)14-7-3-4-11(15)9-14/h10-11,15H,3-9H2,1-2H3. The number of piperidine rings is 1. The summed E-state index contributed by atoms with van der Waals surface area (Å²) in [6, 6.07) is 0. The lowest BCUT2D eigenvalue weighted by atomic mass is 10.0. The van der Waals surface area contributed by atoms with Crippen LogP contribution in [-0.4, -0.2) is 40.9 Å². The Labute approximate surface area is 103 Å². The maximum atomic E-state index is 12.0. The third-order valence-electron chi connectivity index (χ3n) is 3.50. The molecule has 1 aliphatic heterocycles. The molecule has 98 valence electrons. The van der Waals surface area contributed by atoms with Crippen LogP contribution in [0.2, 0.25) is 0 Å². The lowest BCUT2D eigenvalue weighted by Gasteiger charge is -2.33. The largest absolute Gasteiger partial charge is 0.443 e. The van der Waals surface area contributed by atoms with Crippen LogP contribution in [0.1, 0.15) is 46.0 Å². The second-order valence-electron chi connectivity index (χ2n) is 6.02. The molecule has 0 aromatic carbocycles. The summed E-state index contributed by atoms with van der Waals surface area (Å²) in [4.78, 5) is 13.6. The lowest BCUT2D eigenvalue weighted by Crippen LogP contribution is -2.45. The predicted molar refractivity (Wildman–Crippen MR) is 64.7 cm³/mol. The molecule has 1 N–H and O–H groups in total. The van der Waals surface area contributed by atoms with Gasteiger partial charge in [-0.3, -0.25) is 0 Å². The van der Waals surface area contributed by atoms with Gasteiger partial charge in [0.15, 0.2) is 0 Å². The number of nitrogens with zero attached hydrogens (tertiary/aromatic N) is 1. The minimum atomic E-state index is -0.386. The molecule has 0 bridgehead atoms. The molecule has 2 rings (SSSR count). The topological polar surface area (TPSA) is 49.8 Å². The van der Waals surface area contributed by atoms with Gasteiger partial charge in [0.25, 0.3) is 0 Å². The van der Waals surface area contributed by atoms with Gasteiger partial charge in [0.2, 0.25) is 0 Å². The Balaban J connectivity index is 1.82. The molecule has 2 fully saturated rings. The van der Waals surface area contributed by atoms with Crippen molar-refractivity contribution in [2.45, 2.75) is 57.7 Å². The number of aliphatic hydroxyl groups is 1. The Hall–Kier alpha value is -0.770. The second-order valence-corrected chi connectivity index (χ2v) is 6.02. The van der Waals surface area contributed by atoms with Crippen molar-refractivity contribution in [2.75, 3.05) is 13.1 Å². The summed E-state index contributed by atoms with van der Waals surface area (Å²) in [6.45, 7) is 5.07. The number of β-amino-alcohol motifs (C(OH)–C–C–N with tert-alkyl or cyclic N) is 1. The first-order valence-corrected chi connectivity index (χ1v) is 6.62. The normalized spacial score (nSPS) is 25.8. The van der Waals surface area contributed by atoms with Crippen LogP contribution in [0, 0.1) is 5.92 Å². The fourth-order valence-corrected chi connectivity index (χ4v) is 2.48. The van der Waals surface area contributed by atoms with Crippen LogP contribution in [0.5, 0.6) is 0 Å². The van der Waals surface area contributed by atoms with Crippen LogP contribution in [-0.2, 0) is 4.74 Å². The van der Waals surface area contributed by atoms with E-state index in [1.54, 1.807) is 4.90 Å². The average molecular weight is 241 g/mol. The maximum absolute atomic E-state index is 12.0. The van der Waals surface area contributed by atoms with Gasteiger partial charge in [0, 0.05) is 13.1 Å². The third-order valence-corrected chi connectivity index (χ3v) is 3.50. The molecule has 1 aliphatic carbocycles. The molecule has 4 nitrogen and oxygen atoms in total. The van der Waals surface area contributed by atoms with Gasteiger partial charge >= 0.3 is 6.09 Å². The van der Waals surface area contributed by atoms with E-state index >= 15 is 0 Å². The maximum Gasteiger partial charge on any atom is 0.410 e. The Morgan fingerprint density at radius 2 is 2.12 bits per heavy atom. The Morgan fingerprint density at radius 3 is 2.71 bits per heavy atom. The molecule has 0 radical (unpaired) electrons. The zero-order chi connectivity index (χ0) is 12.5. The molecule has 1 amide bonds. The van der Waals surface area contributed by atoms with Crippen molar-refractivity contribution in [3.63, 3.8) is 0 Å². The van der Waals surface area contributed by atoms with Crippen LogP contribution >= 0.6 is 0 Å². The van der Waals surface area contributed by atoms with Gasteiger partial charge in [0.1, 0.15) is 5.60 Å². The minimum absolute atomic E-state index is 0.269. The van der Waals surface area contributed by atoms with E-state index in [1.165, 1.54) is 12.8 Å². The number of likely N-dealkylation sites (tertiary alicyclic amines) is 1. The zero-order valence-electron chi connectivity index (χ0n) is 10.8. The summed E-state index contributed by atoms with van der Waals surface area (Å²) in [5.41, 5.74) is -0.374. The van der Waals surface area contributed by atoms with Crippen molar-refractivity contribution in [3.8, 4) is 0 Å². The molecule has 17 heavy (non-hydrogen) atoms. The fourth-order valence-electron chi connectivity index (χ4n) is 2.48. The number of hydrogen-bond acceptors (Lipinski definition) is 3. The smallest absolute Gasteiger partial charge is 0.410 e. The molecule has 2 aliphatic rings. The average Bonchev–Trinajstić information content (AvgIpc) is 3.00. The SMILES string of the molecule is CC(C)(CC1CC1)OC(=O)N1CCCC(O)C1. The zero-order valence-corrected chi connectivity index (χ0v) is 10.8. The van der Waals surface area contributed by atoms with Crippen LogP contribution in [0.15, 0.2) is 0 Å². The highest BCUT2D eigenvalue weighted by Crippen LogP contribution is 2.38. The monoisotopic (exact) mass is 241 g/mol. The Morgan fingerprint density at radius 1 is 1.41 bits per heavy atom. The van der Waals surface area contributed by atoms with Gasteiger partial charge in [-0.15, -0.1) is 0 Å². The Kier molecular flexibility index (Phi) is 3.61. The van der Waals surface area contributed by atoms with Crippen LogP contribution < -0.4 is 0 Å². The summed E-state index contributed by atoms with van der Waals surface area (Å²) >= 11 is 0. The van der Waals surface area contributed by atoms with Crippen molar-refractivity contribution in [1.82, 2.24) is 4.90 Å². The van der Waals surface area contributed by atoms with Crippen LogP contribution in [0.4, 0.5) is 4.79 Å². The highest BCUT2D eigenvalue weighted by molar-refractivity contribution is 5.68. The molecule has 4 heteroatoms. The first-order chi connectivity index (χ1) is 7.96. The van der Waals surface area contributed by atoms with Crippen molar-refractivity contribution >= 4 is 6.09 Å². The highest BCUT2D eigenvalue weighted by Gasteiger charge is 2.34. The summed E-state index contributed by atoms with van der Waals surface area (Å²) in [5.74, 6) is 0.741. The van der Waals surface area contributed by atoms with Crippen LogP contribution in [0.3, 0.4) is 0 Å². The molecule has 1 unspecified atom stereocenters. The van der Waals surface area contributed by atoms with Crippen molar-refractivity contribution in [1.29, 1.82) is 0 Å². The summed E-state index contributed by atoms with van der Waals surface area (Å²) < 4.78 is 5.55. The van der Waals surface area contributed by atoms with Gasteiger partial charge in [-0.1, -0.05) is 12.8 Å². The van der Waals surface area contributed by atoms with E-state index in [1.807, 2.05) is 13.8 Å². The number of carbonyl (C=O) groups excluding carboxylic acids is 1. The van der Waals surface area contributed by atoms with Gasteiger partial charge < -0.3 is 14.7 Å². The fraction of sp³-hybridized carbons (Fsp3) is 0.923. The number of hydrogen-bond donors (Lipinski definition) is 1. The quantitative estimate of drug-likeness (QED) is 0.823. The number of rotatable bonds is 3. The molecule has 1 saturated heterocycles. The van der Waals surface area contributed by atoms with Gasteiger partial charge in [-0.05, 0) is 39.0 Å². The number of ether oxygens (including phenoxy) is 1. The number of carbonyl (C=O) groups is 1. The van der Waals surface area contributed by atoms with E-state index in [2.05, 4.69) is 0 Å². The lowest BCUT2D eigenvalue weighted by molar-refractivity contribution is -0.0106. The predicted octanol–water partition coefficient (Wildman–Crippen LogP) is 2.16. The molecule has 0 aromatic rings. The first-order valence-electron chi connectivity index (χ1n) is 6.62. The molecule has 0 spiro atoms. The number of aliphatic hydroxyl groups excluding tert-OH is 1. The van der Waals surface area contributed by atoms with E-state index in [-0.39, 0.29) is 17.8 Å². The van der Waals surface area contributed by atoms with E-state index in [4.69, 9.17) is 4.74 Å². The van der Waals surface area contributed by atoms with Crippen molar-refractivity contribution < 1.29 is 14.6 Å². The summed E-state index contributed by atoms with van der Waals surface area (Å²) in [7, 11) is 0. The van der Waals surface area contributed by atoms with Gasteiger partial charge in [-0.2, -0.15) is 0 Å². The van der Waals surface area contributed by atoms with Crippen molar-refractivity contribution in [2.24, 2.45) is 5.92 Å². The minimum Gasteiger partial charge on any atom is -0.443 e. The molecule has 1 heterocycles. The first kappa shape index (κ1) is 12.7. The van der Waals surface area contributed by atoms with Crippen LogP contribution in [0.25, 0.3) is 0 Å². The van der Waals surface area contributed by atoms with E-state index in [0.717, 1.165) is 25.2 Å². The summed E-state index contributed by atoms with van der Waals surface area (Å²) in [6.07, 6.45) is 4.48. The van der Waals surface area contributed by atoms with E-state index in [0.29, 0.717) is 13.1 Å². The molecule has 1 atom stereocenters. The summed E-state index contributed by atoms with van der Waals surface area (Å²) in [5, 5.41) is 9.53. The Bertz CT molecular complexity index is 286. The van der Waals surface area contributed by atoms with E-state index < -0.39 is 0 Å². The van der Waals surface area contributed by atoms with Gasteiger partial charge in [-0.25, -0.2) is 4.79 Å². The third kappa shape index (κ3) is 3.87. The molecule has 1 saturated carbocycles. The molecule has 0 aromatic heterocycles. The second kappa shape index (κ2) is 4.84. The van der Waals surface area contributed by atoms with E-state index in [9.17, 15) is 9.90 Å². The van der Waals surface area contributed by atoms with Gasteiger partial charge in [0.05, 0.1) is 6.10 Å². The van der Waals surface area contributed by atoms with Crippen molar-refractivity contribution in [3.05, 3.63) is 0 Å².